The summed E-state index contributed by atoms with van der Waals surface area (Å²) >= 11 is 6.15. The van der Waals surface area contributed by atoms with E-state index in [-0.39, 0.29) is 0 Å². The molecule has 1 aromatic rings. The number of thiocarbonyl (C=S) groups is 1. The zero-order valence-electron chi connectivity index (χ0n) is 16.5. The van der Waals surface area contributed by atoms with E-state index in [9.17, 15) is 0 Å². The van der Waals surface area contributed by atoms with Crippen molar-refractivity contribution in [3.63, 3.8) is 0 Å². The molecule has 0 amide bonds. The van der Waals surface area contributed by atoms with Crippen molar-refractivity contribution < 1.29 is 0 Å². The van der Waals surface area contributed by atoms with Crippen LogP contribution in [0.2, 0.25) is 0 Å². The third kappa shape index (κ3) is 1.64. The monoisotopic (exact) mass is 380 g/mol. The average molecular weight is 381 g/mol. The zero-order chi connectivity index (χ0) is 18.5. The second-order valence-electron chi connectivity index (χ2n) is 10.8. The molecule has 5 aliphatic rings. The largest absolute Gasteiger partial charge is 0.376 e. The molecular weight excluding hydrogens is 348 g/mol. The summed E-state index contributed by atoms with van der Waals surface area (Å²) in [5, 5.41) is 3.88. The van der Waals surface area contributed by atoms with Crippen LogP contribution in [0.1, 0.15) is 63.9 Å². The summed E-state index contributed by atoms with van der Waals surface area (Å²) < 4.78 is 0. The number of hydrogen-bond acceptors (Lipinski definition) is 2. The van der Waals surface area contributed by atoms with Crippen LogP contribution in [0.25, 0.3) is 0 Å². The van der Waals surface area contributed by atoms with Gasteiger partial charge >= 0.3 is 0 Å². The molecule has 27 heavy (non-hydrogen) atoms. The maximum absolute atomic E-state index is 6.15. The topological polar surface area (TPSA) is 38.0 Å². The van der Waals surface area contributed by atoms with Crippen LogP contribution in [-0.4, -0.2) is 17.6 Å². The Labute approximate surface area is 168 Å². The van der Waals surface area contributed by atoms with Crippen LogP contribution in [0.5, 0.6) is 0 Å². The lowest BCUT2D eigenvalue weighted by Crippen LogP contribution is -2.97. The van der Waals surface area contributed by atoms with Crippen molar-refractivity contribution in [2.75, 3.05) is 6.54 Å². The molecule has 3 heteroatoms. The van der Waals surface area contributed by atoms with E-state index in [4.69, 9.17) is 18.0 Å². The second-order valence-corrected chi connectivity index (χ2v) is 11.2. The van der Waals surface area contributed by atoms with Crippen molar-refractivity contribution in [1.82, 2.24) is 5.32 Å². The SMILES string of the molecule is CC12CC3CC4(C(=S)N[C@H]5CC[C@H](CN)CC5)CC(c5ccccc5)(C1)C324. The Morgan fingerprint density at radius 1 is 1.11 bits per heavy atom. The molecule has 0 bridgehead atoms. The Morgan fingerprint density at radius 3 is 2.48 bits per heavy atom. The van der Waals surface area contributed by atoms with Gasteiger partial charge in [-0.25, -0.2) is 0 Å². The van der Waals surface area contributed by atoms with Crippen LogP contribution in [0.4, 0.5) is 0 Å². The maximum atomic E-state index is 6.15. The normalized spacial score (nSPS) is 51.4. The highest BCUT2D eigenvalue weighted by molar-refractivity contribution is 7.80. The van der Waals surface area contributed by atoms with Gasteiger partial charge in [-0.2, -0.15) is 0 Å². The van der Waals surface area contributed by atoms with Gasteiger partial charge in [0.15, 0.2) is 0 Å². The minimum absolute atomic E-state index is 0.304. The summed E-state index contributed by atoms with van der Waals surface area (Å²) in [4.78, 5) is 1.23. The number of hydrogen-bond donors (Lipinski definition) is 2. The number of benzene rings is 1. The fourth-order valence-corrected chi connectivity index (χ4v) is 9.91. The first-order valence-electron chi connectivity index (χ1n) is 11.1. The molecule has 6 rings (SSSR count). The van der Waals surface area contributed by atoms with Crippen LogP contribution in [0.15, 0.2) is 30.3 Å². The van der Waals surface area contributed by atoms with Gasteiger partial charge in [-0.1, -0.05) is 49.5 Å². The smallest absolute Gasteiger partial charge is 0.0824 e. The molecule has 2 nitrogen and oxygen atoms in total. The van der Waals surface area contributed by atoms with Gasteiger partial charge in [0, 0.05) is 22.3 Å². The highest BCUT2D eigenvalue weighted by atomic mass is 32.1. The van der Waals surface area contributed by atoms with Crippen molar-refractivity contribution in [3.05, 3.63) is 35.9 Å². The van der Waals surface area contributed by atoms with Gasteiger partial charge in [-0.3, -0.25) is 0 Å². The van der Waals surface area contributed by atoms with Crippen LogP contribution in [-0.2, 0) is 5.41 Å². The Hall–Kier alpha value is -0.930. The molecule has 144 valence electrons. The highest BCUT2D eigenvalue weighted by Gasteiger charge is 2.98. The molecule has 5 saturated carbocycles. The van der Waals surface area contributed by atoms with Gasteiger partial charge in [-0.05, 0) is 80.7 Å². The number of nitrogens with two attached hydrogens (primary N) is 1. The summed E-state index contributed by atoms with van der Waals surface area (Å²) in [6.45, 7) is 3.41. The van der Waals surface area contributed by atoms with E-state index in [1.54, 1.807) is 5.56 Å². The molecule has 0 aliphatic heterocycles. The van der Waals surface area contributed by atoms with Gasteiger partial charge in [0.2, 0.25) is 0 Å². The van der Waals surface area contributed by atoms with Crippen molar-refractivity contribution in [2.24, 2.45) is 33.8 Å². The molecule has 5 aliphatic carbocycles. The molecule has 0 aromatic heterocycles. The van der Waals surface area contributed by atoms with Crippen molar-refractivity contribution in [2.45, 2.75) is 69.7 Å². The number of rotatable bonds is 4. The van der Waals surface area contributed by atoms with Gasteiger partial charge in [0.25, 0.3) is 0 Å². The van der Waals surface area contributed by atoms with Gasteiger partial charge in [0.05, 0.1) is 4.99 Å². The minimum Gasteiger partial charge on any atom is -0.376 e. The fraction of sp³-hybridized carbons (Fsp3) is 0.708. The molecule has 5 atom stereocenters. The zero-order valence-corrected chi connectivity index (χ0v) is 17.3. The predicted octanol–water partition coefficient (Wildman–Crippen LogP) is 4.57. The van der Waals surface area contributed by atoms with E-state index in [2.05, 4.69) is 42.6 Å². The van der Waals surface area contributed by atoms with Crippen molar-refractivity contribution in [1.29, 1.82) is 0 Å². The van der Waals surface area contributed by atoms with E-state index in [1.165, 1.54) is 56.4 Å². The molecule has 0 radical (unpaired) electrons. The summed E-state index contributed by atoms with van der Waals surface area (Å²) in [7, 11) is 0. The average Bonchev–Trinajstić information content (AvgIpc) is 2.64. The molecule has 0 heterocycles. The minimum atomic E-state index is 0.304. The van der Waals surface area contributed by atoms with E-state index < -0.39 is 0 Å². The molecule has 5 fully saturated rings. The standard InChI is InChI=1S/C24H32N2S/c1-21-11-18-12-22(20(27)26-19-9-7-16(13-25)8-10-19)15-23(14-21,24(18,21)22)17-5-3-2-4-6-17/h2-6,16,18-19H,7-15,25H2,1H3,(H,26,27)/t16-,18?,19-,21?,22?,23?,24?. The Morgan fingerprint density at radius 2 is 1.85 bits per heavy atom. The molecule has 3 N–H and O–H groups in total. The van der Waals surface area contributed by atoms with Crippen LogP contribution >= 0.6 is 12.2 Å². The van der Waals surface area contributed by atoms with Crippen molar-refractivity contribution in [3.8, 4) is 0 Å². The Balaban J connectivity index is 1.26. The molecule has 0 saturated heterocycles. The third-order valence-electron chi connectivity index (χ3n) is 9.94. The van der Waals surface area contributed by atoms with E-state index in [0.29, 0.717) is 27.7 Å². The Bertz CT molecular complexity index is 800. The lowest BCUT2D eigenvalue weighted by molar-refractivity contribution is -0.465. The first-order chi connectivity index (χ1) is 13.0. The second kappa shape index (κ2) is 5.16. The van der Waals surface area contributed by atoms with E-state index in [1.807, 2.05) is 0 Å². The van der Waals surface area contributed by atoms with E-state index in [0.717, 1.165) is 18.4 Å². The summed E-state index contributed by atoms with van der Waals surface area (Å²) in [6.07, 6.45) is 10.5. The molecule has 1 aromatic carbocycles. The predicted molar refractivity (Wildman–Crippen MR) is 114 cm³/mol. The molecule has 1 spiro atoms. The van der Waals surface area contributed by atoms with E-state index >= 15 is 0 Å². The maximum Gasteiger partial charge on any atom is 0.0824 e. The van der Waals surface area contributed by atoms with Crippen LogP contribution in [0.3, 0.4) is 0 Å². The number of nitrogens with one attached hydrogen (secondary N) is 1. The van der Waals surface area contributed by atoms with Gasteiger partial charge in [0.1, 0.15) is 0 Å². The Kier molecular flexibility index (Phi) is 3.24. The first-order valence-corrected chi connectivity index (χ1v) is 11.5. The molecule has 5 unspecified atom stereocenters. The van der Waals surface area contributed by atoms with Gasteiger partial charge < -0.3 is 11.1 Å². The lowest BCUT2D eigenvalue weighted by atomic mass is 9.04. The van der Waals surface area contributed by atoms with Crippen molar-refractivity contribution >= 4 is 17.2 Å². The van der Waals surface area contributed by atoms with Gasteiger partial charge in [-0.15, -0.1) is 0 Å². The highest BCUT2D eigenvalue weighted by Crippen LogP contribution is 3.01. The first kappa shape index (κ1) is 17.0. The summed E-state index contributed by atoms with van der Waals surface area (Å²) in [6, 6.07) is 12.0. The lowest BCUT2D eigenvalue weighted by Gasteiger charge is -2.99. The molecular formula is C24H32N2S. The summed E-state index contributed by atoms with van der Waals surface area (Å²) in [5.41, 5.74) is 9.21. The van der Waals surface area contributed by atoms with Crippen LogP contribution in [0, 0.1) is 28.1 Å². The summed E-state index contributed by atoms with van der Waals surface area (Å²) in [5.74, 6) is 1.65. The quantitative estimate of drug-likeness (QED) is 0.752. The van der Waals surface area contributed by atoms with Crippen LogP contribution < -0.4 is 11.1 Å². The fourth-order valence-electron chi connectivity index (χ4n) is 9.43. The third-order valence-corrected chi connectivity index (χ3v) is 10.4.